The van der Waals surface area contributed by atoms with Crippen LogP contribution < -0.4 is 0 Å². The predicted molar refractivity (Wildman–Crippen MR) is 71.3 cm³/mol. The van der Waals surface area contributed by atoms with Gasteiger partial charge < -0.3 is 9.47 Å². The molecule has 0 spiro atoms. The van der Waals surface area contributed by atoms with Crippen LogP contribution in [0.5, 0.6) is 0 Å². The van der Waals surface area contributed by atoms with Gasteiger partial charge in [0.1, 0.15) is 12.2 Å². The summed E-state index contributed by atoms with van der Waals surface area (Å²) in [6.45, 7) is 6.44. The Bertz CT molecular complexity index is 427. The molecule has 0 heterocycles. The van der Waals surface area contributed by atoms with E-state index < -0.39 is 6.10 Å². The number of ether oxygens (including phenoxy) is 2. The number of hydrogen-bond acceptors (Lipinski definition) is 4. The van der Waals surface area contributed by atoms with Crippen molar-refractivity contribution < 1.29 is 19.1 Å². The summed E-state index contributed by atoms with van der Waals surface area (Å²) in [5, 5.41) is 0. The topological polar surface area (TPSA) is 52.6 Å². The minimum absolute atomic E-state index is 0.129. The van der Waals surface area contributed by atoms with Crippen LogP contribution in [0, 0.1) is 5.92 Å². The molecule has 4 nitrogen and oxygen atoms in total. The molecule has 1 aromatic rings. The lowest BCUT2D eigenvalue weighted by Gasteiger charge is -2.28. The molecule has 0 saturated heterocycles. The van der Waals surface area contributed by atoms with Crippen molar-refractivity contribution >= 4 is 11.9 Å². The fourth-order valence-electron chi connectivity index (χ4n) is 1.92. The second-order valence-corrected chi connectivity index (χ2v) is 4.61. The second-order valence-electron chi connectivity index (χ2n) is 4.61. The van der Waals surface area contributed by atoms with Crippen molar-refractivity contribution in [3.8, 4) is 0 Å². The van der Waals surface area contributed by atoms with Crippen molar-refractivity contribution in [2.75, 3.05) is 0 Å². The Morgan fingerprint density at radius 1 is 0.947 bits per heavy atom. The normalized spacial score (nSPS) is 15.2. The maximum Gasteiger partial charge on any atom is 0.303 e. The van der Waals surface area contributed by atoms with Crippen molar-refractivity contribution in [3.63, 3.8) is 0 Å². The third-order valence-corrected chi connectivity index (χ3v) is 2.99. The average Bonchev–Trinajstić information content (AvgIpc) is 2.35. The van der Waals surface area contributed by atoms with Gasteiger partial charge in [0, 0.05) is 19.8 Å². The van der Waals surface area contributed by atoms with Gasteiger partial charge in [-0.15, -0.1) is 0 Å². The summed E-state index contributed by atoms with van der Waals surface area (Å²) in [6, 6.07) is 9.45. The van der Waals surface area contributed by atoms with Gasteiger partial charge in [0.15, 0.2) is 0 Å². The molecule has 0 N–H and O–H groups in total. The lowest BCUT2D eigenvalue weighted by atomic mass is 9.93. The molecule has 0 unspecified atom stereocenters. The largest absolute Gasteiger partial charge is 0.462 e. The van der Waals surface area contributed by atoms with Gasteiger partial charge in [-0.05, 0) is 12.5 Å². The molecule has 0 aromatic heterocycles. The fourth-order valence-corrected chi connectivity index (χ4v) is 1.92. The van der Waals surface area contributed by atoms with Crippen molar-refractivity contribution in [1.29, 1.82) is 0 Å². The summed E-state index contributed by atoms with van der Waals surface area (Å²) in [7, 11) is 0. The molecule has 0 radical (unpaired) electrons. The number of esters is 2. The minimum Gasteiger partial charge on any atom is -0.462 e. The molecule has 0 bridgehead atoms. The van der Waals surface area contributed by atoms with Gasteiger partial charge >= 0.3 is 11.9 Å². The molecule has 1 aromatic carbocycles. The SMILES string of the molecule is CC(=O)O[C@H](C)[C@H](C)[C@@H](OC(C)=O)c1ccccc1. The van der Waals surface area contributed by atoms with E-state index in [4.69, 9.17) is 9.47 Å². The van der Waals surface area contributed by atoms with Crippen LogP contribution in [0.2, 0.25) is 0 Å². The van der Waals surface area contributed by atoms with Crippen LogP contribution in [0.15, 0.2) is 30.3 Å². The van der Waals surface area contributed by atoms with Crippen LogP contribution in [0.4, 0.5) is 0 Å². The maximum absolute atomic E-state index is 11.2. The number of benzene rings is 1. The van der Waals surface area contributed by atoms with E-state index in [1.165, 1.54) is 13.8 Å². The Morgan fingerprint density at radius 3 is 1.95 bits per heavy atom. The first-order valence-corrected chi connectivity index (χ1v) is 6.31. The highest BCUT2D eigenvalue weighted by Gasteiger charge is 2.28. The monoisotopic (exact) mass is 264 g/mol. The van der Waals surface area contributed by atoms with E-state index in [1.54, 1.807) is 6.92 Å². The smallest absolute Gasteiger partial charge is 0.303 e. The zero-order valence-electron chi connectivity index (χ0n) is 11.8. The van der Waals surface area contributed by atoms with E-state index in [9.17, 15) is 9.59 Å². The highest BCUT2D eigenvalue weighted by molar-refractivity contribution is 5.67. The molecule has 1 rings (SSSR count). The van der Waals surface area contributed by atoms with Gasteiger partial charge in [0.25, 0.3) is 0 Å². The molecule has 0 amide bonds. The van der Waals surface area contributed by atoms with E-state index in [-0.39, 0.29) is 24.0 Å². The summed E-state index contributed by atoms with van der Waals surface area (Å²) >= 11 is 0. The van der Waals surface area contributed by atoms with Crippen molar-refractivity contribution in [2.24, 2.45) is 5.92 Å². The molecular formula is C15H20O4. The van der Waals surface area contributed by atoms with Crippen LogP contribution in [0.25, 0.3) is 0 Å². The summed E-state index contributed by atoms with van der Waals surface area (Å²) in [6.07, 6.45) is -0.755. The first-order valence-electron chi connectivity index (χ1n) is 6.31. The Labute approximate surface area is 113 Å². The Hall–Kier alpha value is -1.84. The molecule has 19 heavy (non-hydrogen) atoms. The van der Waals surface area contributed by atoms with E-state index in [1.807, 2.05) is 37.3 Å². The van der Waals surface area contributed by atoms with Crippen molar-refractivity contribution in [2.45, 2.75) is 39.9 Å². The Balaban J connectivity index is 2.90. The fraction of sp³-hybridized carbons (Fsp3) is 0.467. The number of carbonyl (C=O) groups excluding carboxylic acids is 2. The average molecular weight is 264 g/mol. The van der Waals surface area contributed by atoms with E-state index in [0.29, 0.717) is 0 Å². The summed E-state index contributed by atoms with van der Waals surface area (Å²) < 4.78 is 10.5. The molecule has 0 aliphatic rings. The molecule has 0 aliphatic carbocycles. The van der Waals surface area contributed by atoms with Gasteiger partial charge in [-0.2, -0.15) is 0 Å². The Morgan fingerprint density at radius 2 is 1.47 bits per heavy atom. The van der Waals surface area contributed by atoms with Crippen LogP contribution >= 0.6 is 0 Å². The highest BCUT2D eigenvalue weighted by Crippen LogP contribution is 2.29. The standard InChI is InChI=1S/C15H20O4/c1-10(11(2)18-12(3)16)15(19-13(4)17)14-8-6-5-7-9-14/h5-11,15H,1-4H3/t10-,11+,15+/m0/s1. The molecular weight excluding hydrogens is 244 g/mol. The van der Waals surface area contributed by atoms with Gasteiger partial charge in [-0.3, -0.25) is 9.59 Å². The Kier molecular flexibility index (Phi) is 5.55. The van der Waals surface area contributed by atoms with Gasteiger partial charge in [0.2, 0.25) is 0 Å². The van der Waals surface area contributed by atoms with Crippen LogP contribution in [0.1, 0.15) is 39.4 Å². The maximum atomic E-state index is 11.2. The lowest BCUT2D eigenvalue weighted by Crippen LogP contribution is -2.28. The summed E-state index contributed by atoms with van der Waals surface area (Å²) in [5.74, 6) is -0.820. The molecule has 0 aliphatic heterocycles. The van der Waals surface area contributed by atoms with Crippen LogP contribution in [-0.2, 0) is 19.1 Å². The number of rotatable bonds is 5. The predicted octanol–water partition coefficient (Wildman–Crippen LogP) is 2.88. The van der Waals surface area contributed by atoms with E-state index in [2.05, 4.69) is 0 Å². The third-order valence-electron chi connectivity index (χ3n) is 2.99. The summed E-state index contributed by atoms with van der Waals surface area (Å²) in [5.41, 5.74) is 0.893. The zero-order valence-corrected chi connectivity index (χ0v) is 11.8. The second kappa shape index (κ2) is 6.92. The molecule has 104 valence electrons. The first kappa shape index (κ1) is 15.2. The summed E-state index contributed by atoms with van der Waals surface area (Å²) in [4.78, 5) is 22.3. The van der Waals surface area contributed by atoms with E-state index >= 15 is 0 Å². The highest BCUT2D eigenvalue weighted by atomic mass is 16.6. The van der Waals surface area contributed by atoms with Gasteiger partial charge in [-0.25, -0.2) is 0 Å². The molecule has 0 fully saturated rings. The van der Waals surface area contributed by atoms with Crippen molar-refractivity contribution in [3.05, 3.63) is 35.9 Å². The van der Waals surface area contributed by atoms with Gasteiger partial charge in [-0.1, -0.05) is 37.3 Å². The van der Waals surface area contributed by atoms with Crippen molar-refractivity contribution in [1.82, 2.24) is 0 Å². The first-order chi connectivity index (χ1) is 8.91. The minimum atomic E-state index is -0.423. The number of hydrogen-bond donors (Lipinski definition) is 0. The van der Waals surface area contributed by atoms with E-state index in [0.717, 1.165) is 5.56 Å². The van der Waals surface area contributed by atoms with Crippen LogP contribution in [0.3, 0.4) is 0 Å². The molecule has 4 heteroatoms. The molecule has 0 saturated carbocycles. The van der Waals surface area contributed by atoms with Crippen LogP contribution in [-0.4, -0.2) is 18.0 Å². The number of carbonyl (C=O) groups is 2. The quantitative estimate of drug-likeness (QED) is 0.767. The lowest BCUT2D eigenvalue weighted by molar-refractivity contribution is -0.157. The van der Waals surface area contributed by atoms with Gasteiger partial charge in [0.05, 0.1) is 0 Å². The third kappa shape index (κ3) is 4.73. The zero-order chi connectivity index (χ0) is 14.4. The molecule has 3 atom stereocenters.